The number of carbonyl (C=O) groups is 1. The monoisotopic (exact) mass is 220 g/mol. The molecule has 1 N–H and O–H groups in total. The van der Waals surface area contributed by atoms with Crippen LogP contribution < -0.4 is 5.32 Å². The highest BCUT2D eigenvalue weighted by atomic mass is 16.5. The number of ether oxygens (including phenoxy) is 1. The number of hydrogen-bond acceptors (Lipinski definition) is 4. The van der Waals surface area contributed by atoms with Gasteiger partial charge in [0.2, 0.25) is 0 Å². The van der Waals surface area contributed by atoms with Crippen LogP contribution in [0.3, 0.4) is 0 Å². The average molecular weight is 220 g/mol. The highest BCUT2D eigenvalue weighted by molar-refractivity contribution is 5.86. The molecule has 86 valence electrons. The van der Waals surface area contributed by atoms with Gasteiger partial charge in [-0.15, -0.1) is 0 Å². The van der Waals surface area contributed by atoms with Crippen molar-refractivity contribution in [1.29, 1.82) is 0 Å². The molecule has 0 saturated carbocycles. The van der Waals surface area contributed by atoms with Crippen LogP contribution in [0.25, 0.3) is 0 Å². The Bertz CT molecular complexity index is 356. The van der Waals surface area contributed by atoms with E-state index in [2.05, 4.69) is 15.0 Å². The van der Waals surface area contributed by atoms with Crippen LogP contribution in [0.1, 0.15) is 34.8 Å². The van der Waals surface area contributed by atoms with Crippen molar-refractivity contribution in [1.82, 2.24) is 10.3 Å². The molecule has 1 fully saturated rings. The molecule has 16 heavy (non-hydrogen) atoms. The molecule has 1 saturated heterocycles. The molecular formula is C12H16N2O2. The van der Waals surface area contributed by atoms with Crippen molar-refractivity contribution in [2.24, 2.45) is 0 Å². The minimum atomic E-state index is -0.378. The van der Waals surface area contributed by atoms with Crippen LogP contribution in [0.4, 0.5) is 0 Å². The number of pyridine rings is 1. The molecule has 1 aliphatic rings. The highest BCUT2D eigenvalue weighted by Gasteiger charge is 2.16. The Hall–Kier alpha value is -1.42. The Morgan fingerprint density at radius 1 is 1.44 bits per heavy atom. The Morgan fingerprint density at radius 3 is 2.75 bits per heavy atom. The molecule has 1 aliphatic heterocycles. The van der Waals surface area contributed by atoms with Crippen molar-refractivity contribution in [2.45, 2.75) is 18.8 Å². The van der Waals surface area contributed by atoms with Gasteiger partial charge in [0, 0.05) is 6.20 Å². The van der Waals surface area contributed by atoms with Crippen LogP contribution >= 0.6 is 0 Å². The third kappa shape index (κ3) is 2.39. The van der Waals surface area contributed by atoms with Crippen LogP contribution in [0.15, 0.2) is 18.3 Å². The van der Waals surface area contributed by atoms with E-state index in [4.69, 9.17) is 0 Å². The lowest BCUT2D eigenvalue weighted by Gasteiger charge is -2.22. The summed E-state index contributed by atoms with van der Waals surface area (Å²) in [6.45, 7) is 2.12. The minimum absolute atomic E-state index is 0.375. The van der Waals surface area contributed by atoms with Gasteiger partial charge in [0.1, 0.15) is 5.69 Å². The summed E-state index contributed by atoms with van der Waals surface area (Å²) in [6, 6.07) is 3.72. The molecule has 1 aromatic rings. The zero-order chi connectivity index (χ0) is 11.4. The first-order valence-corrected chi connectivity index (χ1v) is 5.56. The molecule has 4 heteroatoms. The van der Waals surface area contributed by atoms with Crippen molar-refractivity contribution in [3.63, 3.8) is 0 Å². The second-order valence-corrected chi connectivity index (χ2v) is 3.99. The molecule has 0 aliphatic carbocycles. The summed E-state index contributed by atoms with van der Waals surface area (Å²) in [5, 5.41) is 3.33. The van der Waals surface area contributed by atoms with E-state index in [0.717, 1.165) is 25.9 Å². The number of piperidine rings is 1. The maximum atomic E-state index is 11.2. The van der Waals surface area contributed by atoms with Gasteiger partial charge in [0.05, 0.1) is 7.11 Å². The van der Waals surface area contributed by atoms with Crippen LogP contribution in [0.2, 0.25) is 0 Å². The smallest absolute Gasteiger partial charge is 0.356 e. The van der Waals surface area contributed by atoms with Crippen LogP contribution in [0, 0.1) is 0 Å². The summed E-state index contributed by atoms with van der Waals surface area (Å²) in [5.74, 6) is 0.192. The first-order valence-electron chi connectivity index (χ1n) is 5.56. The molecule has 0 atom stereocenters. The van der Waals surface area contributed by atoms with E-state index in [0.29, 0.717) is 11.6 Å². The number of carbonyl (C=O) groups excluding carboxylic acids is 1. The zero-order valence-corrected chi connectivity index (χ0v) is 9.40. The number of methoxy groups -OCH3 is 1. The van der Waals surface area contributed by atoms with E-state index in [1.807, 2.05) is 6.07 Å². The fourth-order valence-corrected chi connectivity index (χ4v) is 2.03. The Morgan fingerprint density at radius 2 is 2.19 bits per heavy atom. The maximum Gasteiger partial charge on any atom is 0.356 e. The molecule has 0 bridgehead atoms. The van der Waals surface area contributed by atoms with E-state index in [9.17, 15) is 4.79 Å². The first-order chi connectivity index (χ1) is 7.81. The summed E-state index contributed by atoms with van der Waals surface area (Å²) in [6.07, 6.45) is 4.07. The van der Waals surface area contributed by atoms with Crippen LogP contribution in [0.5, 0.6) is 0 Å². The average Bonchev–Trinajstić information content (AvgIpc) is 2.39. The number of aromatic nitrogens is 1. The molecule has 0 unspecified atom stereocenters. The van der Waals surface area contributed by atoms with Gasteiger partial charge in [0.15, 0.2) is 0 Å². The number of hydrogen-bond donors (Lipinski definition) is 1. The van der Waals surface area contributed by atoms with E-state index < -0.39 is 0 Å². The molecule has 0 aromatic carbocycles. The standard InChI is InChI=1S/C12H16N2O2/c1-16-12(15)11-3-2-10(8-14-11)9-4-6-13-7-5-9/h2-3,8-9,13H,4-7H2,1H3. The lowest BCUT2D eigenvalue weighted by atomic mass is 9.91. The van der Waals surface area contributed by atoms with Crippen molar-refractivity contribution < 1.29 is 9.53 Å². The van der Waals surface area contributed by atoms with Gasteiger partial charge in [0.25, 0.3) is 0 Å². The third-order valence-electron chi connectivity index (χ3n) is 2.99. The van der Waals surface area contributed by atoms with E-state index in [1.54, 1.807) is 12.3 Å². The minimum Gasteiger partial charge on any atom is -0.464 e. The van der Waals surface area contributed by atoms with E-state index in [-0.39, 0.29) is 5.97 Å². The van der Waals surface area contributed by atoms with E-state index >= 15 is 0 Å². The van der Waals surface area contributed by atoms with Gasteiger partial charge in [-0.3, -0.25) is 0 Å². The summed E-state index contributed by atoms with van der Waals surface area (Å²) in [7, 11) is 1.37. The Kier molecular flexibility index (Phi) is 3.51. The summed E-state index contributed by atoms with van der Waals surface area (Å²) < 4.78 is 4.61. The third-order valence-corrected chi connectivity index (χ3v) is 2.99. The Labute approximate surface area is 95.0 Å². The van der Waals surface area contributed by atoms with Crippen LogP contribution in [-0.4, -0.2) is 31.2 Å². The van der Waals surface area contributed by atoms with Gasteiger partial charge in [-0.25, -0.2) is 9.78 Å². The fourth-order valence-electron chi connectivity index (χ4n) is 2.03. The number of nitrogens with one attached hydrogen (secondary N) is 1. The highest BCUT2D eigenvalue weighted by Crippen LogP contribution is 2.24. The zero-order valence-electron chi connectivity index (χ0n) is 9.40. The quantitative estimate of drug-likeness (QED) is 0.764. The van der Waals surface area contributed by atoms with Crippen molar-refractivity contribution in [3.8, 4) is 0 Å². The second kappa shape index (κ2) is 5.07. The molecule has 2 rings (SSSR count). The first kappa shape index (κ1) is 11.1. The van der Waals surface area contributed by atoms with Crippen molar-refractivity contribution >= 4 is 5.97 Å². The van der Waals surface area contributed by atoms with Gasteiger partial charge < -0.3 is 10.1 Å². The van der Waals surface area contributed by atoms with E-state index in [1.165, 1.54) is 12.7 Å². The molecule has 0 amide bonds. The predicted molar refractivity (Wildman–Crippen MR) is 60.4 cm³/mol. The molecule has 0 radical (unpaired) electrons. The molecule has 0 spiro atoms. The molecule has 1 aromatic heterocycles. The lowest BCUT2D eigenvalue weighted by molar-refractivity contribution is 0.0594. The molecule has 4 nitrogen and oxygen atoms in total. The van der Waals surface area contributed by atoms with Gasteiger partial charge in [-0.05, 0) is 43.5 Å². The van der Waals surface area contributed by atoms with Crippen molar-refractivity contribution in [3.05, 3.63) is 29.6 Å². The number of esters is 1. The fraction of sp³-hybridized carbons (Fsp3) is 0.500. The predicted octanol–water partition coefficient (Wildman–Crippen LogP) is 1.34. The normalized spacial score (nSPS) is 17.1. The molecular weight excluding hydrogens is 204 g/mol. The topological polar surface area (TPSA) is 51.2 Å². The lowest BCUT2D eigenvalue weighted by Crippen LogP contribution is -2.26. The summed E-state index contributed by atoms with van der Waals surface area (Å²) in [4.78, 5) is 15.3. The Balaban J connectivity index is 2.09. The molecule has 2 heterocycles. The van der Waals surface area contributed by atoms with Gasteiger partial charge >= 0.3 is 5.97 Å². The second-order valence-electron chi connectivity index (χ2n) is 3.99. The van der Waals surface area contributed by atoms with Crippen molar-refractivity contribution in [2.75, 3.05) is 20.2 Å². The SMILES string of the molecule is COC(=O)c1ccc(C2CCNCC2)cn1. The summed E-state index contributed by atoms with van der Waals surface area (Å²) in [5.41, 5.74) is 1.59. The number of nitrogens with zero attached hydrogens (tertiary/aromatic N) is 1. The number of rotatable bonds is 2. The van der Waals surface area contributed by atoms with Gasteiger partial charge in [-0.1, -0.05) is 6.07 Å². The summed E-state index contributed by atoms with van der Waals surface area (Å²) >= 11 is 0. The van der Waals surface area contributed by atoms with Gasteiger partial charge in [-0.2, -0.15) is 0 Å². The largest absolute Gasteiger partial charge is 0.464 e. The maximum absolute atomic E-state index is 11.2. The van der Waals surface area contributed by atoms with Crippen LogP contribution in [-0.2, 0) is 4.74 Å².